The van der Waals surface area contributed by atoms with E-state index in [1.807, 2.05) is 38.2 Å². The quantitative estimate of drug-likeness (QED) is 0.270. The lowest BCUT2D eigenvalue weighted by molar-refractivity contribution is 0.242. The number of likely N-dealkylation sites (tertiary alicyclic amines) is 1. The number of allylic oxidation sites excluding steroid dienone is 1. The number of thiazole rings is 1. The second kappa shape index (κ2) is 15.3. The molecule has 0 radical (unpaired) electrons. The van der Waals surface area contributed by atoms with Crippen molar-refractivity contribution in [2.24, 2.45) is 11.8 Å². The first-order valence-corrected chi connectivity index (χ1v) is 17.5. The number of nitrogens with zero attached hydrogens (tertiary/aromatic N) is 3. The Kier molecular flexibility index (Phi) is 11.3. The van der Waals surface area contributed by atoms with Crippen LogP contribution in [-0.4, -0.2) is 42.7 Å². The summed E-state index contributed by atoms with van der Waals surface area (Å²) in [4.78, 5) is 8.25. The number of rotatable bonds is 7. The summed E-state index contributed by atoms with van der Waals surface area (Å²) >= 11 is 1.68. The second-order valence-corrected chi connectivity index (χ2v) is 14.5. The average molecular weight is 611 g/mol. The highest BCUT2D eigenvalue weighted by Crippen LogP contribution is 2.41. The molecule has 5 nitrogen and oxygen atoms in total. The minimum absolute atomic E-state index is 0.0308. The van der Waals surface area contributed by atoms with Gasteiger partial charge in [0.2, 0.25) is 0 Å². The van der Waals surface area contributed by atoms with Crippen LogP contribution in [0.25, 0.3) is 21.0 Å². The molecule has 2 saturated carbocycles. The van der Waals surface area contributed by atoms with Crippen molar-refractivity contribution in [3.05, 3.63) is 70.9 Å². The summed E-state index contributed by atoms with van der Waals surface area (Å²) in [5.41, 5.74) is 7.24. The molecule has 2 heterocycles. The fourth-order valence-electron chi connectivity index (χ4n) is 6.13. The number of hydrogen-bond acceptors (Lipinski definition) is 6. The highest BCUT2D eigenvalue weighted by molar-refractivity contribution is 7.18. The smallest absolute Gasteiger partial charge is 0.137 e. The van der Waals surface area contributed by atoms with Crippen LogP contribution in [0.1, 0.15) is 95.4 Å². The Balaban J connectivity index is 0.000000265. The molecule has 0 amide bonds. The molecule has 3 aromatic rings. The van der Waals surface area contributed by atoms with Gasteiger partial charge in [0.15, 0.2) is 0 Å². The zero-order chi connectivity index (χ0) is 31.1. The number of hydrogen-bond donors (Lipinski definition) is 1. The monoisotopic (exact) mass is 610 g/mol. The van der Waals surface area contributed by atoms with E-state index in [0.29, 0.717) is 17.4 Å². The summed E-state index contributed by atoms with van der Waals surface area (Å²) in [6, 6.07) is 15.1. The maximum atomic E-state index is 9.56. The summed E-state index contributed by atoms with van der Waals surface area (Å²) in [6.45, 7) is 12.1. The van der Waals surface area contributed by atoms with E-state index in [-0.39, 0.29) is 6.10 Å². The maximum Gasteiger partial charge on any atom is 0.137 e. The lowest BCUT2D eigenvalue weighted by Crippen LogP contribution is -2.19. The van der Waals surface area contributed by atoms with Crippen LogP contribution in [-0.2, 0) is 6.42 Å². The van der Waals surface area contributed by atoms with Crippen molar-refractivity contribution in [3.63, 3.8) is 0 Å². The highest BCUT2D eigenvalue weighted by atomic mass is 32.1. The second-order valence-electron chi connectivity index (χ2n) is 13.4. The summed E-state index contributed by atoms with van der Waals surface area (Å²) in [7, 11) is 2.18. The molecular formula is C38H50N4OS. The van der Waals surface area contributed by atoms with E-state index in [1.165, 1.54) is 73.2 Å². The van der Waals surface area contributed by atoms with Gasteiger partial charge in [-0.1, -0.05) is 63.0 Å². The van der Waals surface area contributed by atoms with Gasteiger partial charge < -0.3 is 15.0 Å². The van der Waals surface area contributed by atoms with Crippen molar-refractivity contribution in [2.75, 3.05) is 26.7 Å². The number of nitrogens with one attached hydrogen (secondary N) is 1. The molecule has 2 aromatic carbocycles. The predicted octanol–water partition coefficient (Wildman–Crippen LogP) is 9.20. The van der Waals surface area contributed by atoms with E-state index in [1.54, 1.807) is 16.9 Å². The van der Waals surface area contributed by atoms with E-state index in [9.17, 15) is 5.26 Å². The van der Waals surface area contributed by atoms with Gasteiger partial charge in [0, 0.05) is 30.9 Å². The van der Waals surface area contributed by atoms with Crippen molar-refractivity contribution < 1.29 is 4.74 Å². The normalized spacial score (nSPS) is 20.5. The Hall–Kier alpha value is -2.98. The van der Waals surface area contributed by atoms with Crippen LogP contribution in [0.2, 0.25) is 0 Å². The third-order valence-electron chi connectivity index (χ3n) is 9.07. The number of benzene rings is 2. The first kappa shape index (κ1) is 32.4. The molecule has 1 aromatic heterocycles. The number of ether oxygens (including phenoxy) is 1. The number of aromatic nitrogens is 1. The molecule has 3 fully saturated rings. The molecular weight excluding hydrogens is 561 g/mol. The first-order chi connectivity index (χ1) is 21.3. The average Bonchev–Trinajstić information content (AvgIpc) is 3.34. The minimum Gasteiger partial charge on any atom is -0.490 e. The van der Waals surface area contributed by atoms with E-state index >= 15 is 0 Å². The molecule has 1 aliphatic heterocycles. The molecule has 1 saturated heterocycles. The summed E-state index contributed by atoms with van der Waals surface area (Å²) in [6.07, 6.45) is 15.0. The van der Waals surface area contributed by atoms with E-state index in [0.717, 1.165) is 41.8 Å². The van der Waals surface area contributed by atoms with E-state index in [2.05, 4.69) is 61.5 Å². The predicted molar refractivity (Wildman–Crippen MR) is 184 cm³/mol. The van der Waals surface area contributed by atoms with Gasteiger partial charge in [-0.05, 0) is 106 Å². The number of nitriles is 1. The van der Waals surface area contributed by atoms with Crippen LogP contribution in [0.3, 0.4) is 0 Å². The minimum atomic E-state index is 0.0308. The van der Waals surface area contributed by atoms with Crippen molar-refractivity contribution in [1.29, 1.82) is 5.26 Å². The van der Waals surface area contributed by atoms with Gasteiger partial charge in [-0.25, -0.2) is 4.98 Å². The third-order valence-corrected chi connectivity index (χ3v) is 10.1. The Bertz CT molecular complexity index is 1450. The van der Waals surface area contributed by atoms with Crippen molar-refractivity contribution in [2.45, 2.75) is 91.2 Å². The Labute approximate surface area is 269 Å². The van der Waals surface area contributed by atoms with Crippen LogP contribution in [0.4, 0.5) is 0 Å². The highest BCUT2D eigenvalue weighted by Gasteiger charge is 2.25. The van der Waals surface area contributed by atoms with Crippen LogP contribution in [0, 0.1) is 23.2 Å². The van der Waals surface area contributed by atoms with Gasteiger partial charge in [0.25, 0.3) is 0 Å². The van der Waals surface area contributed by atoms with Gasteiger partial charge in [-0.2, -0.15) is 5.26 Å². The molecule has 234 valence electrons. The molecule has 0 spiro atoms. The summed E-state index contributed by atoms with van der Waals surface area (Å²) in [5.74, 6) is 2.64. The largest absolute Gasteiger partial charge is 0.490 e. The Morgan fingerprint density at radius 2 is 1.89 bits per heavy atom. The van der Waals surface area contributed by atoms with Crippen LogP contribution in [0.5, 0.6) is 5.75 Å². The Morgan fingerprint density at radius 3 is 2.48 bits per heavy atom. The van der Waals surface area contributed by atoms with Crippen molar-refractivity contribution in [3.8, 4) is 32.8 Å². The molecule has 4 aliphatic rings. The fraction of sp³-hybridized carbons (Fsp3) is 0.526. The molecule has 3 aliphatic carbocycles. The van der Waals surface area contributed by atoms with E-state index in [4.69, 9.17) is 9.72 Å². The molecule has 1 N–H and O–H groups in total. The van der Waals surface area contributed by atoms with Gasteiger partial charge in [0.05, 0.1) is 16.5 Å². The zero-order valence-electron chi connectivity index (χ0n) is 27.4. The van der Waals surface area contributed by atoms with Gasteiger partial charge in [-0.15, -0.1) is 11.3 Å². The van der Waals surface area contributed by atoms with Crippen molar-refractivity contribution >= 4 is 11.3 Å². The van der Waals surface area contributed by atoms with Gasteiger partial charge >= 0.3 is 0 Å². The molecule has 0 bridgehead atoms. The maximum absolute atomic E-state index is 9.56. The van der Waals surface area contributed by atoms with Crippen LogP contribution < -0.4 is 10.1 Å². The summed E-state index contributed by atoms with van der Waals surface area (Å²) in [5, 5.41) is 14.2. The molecule has 44 heavy (non-hydrogen) atoms. The Morgan fingerprint density at radius 1 is 1.09 bits per heavy atom. The lowest BCUT2D eigenvalue weighted by atomic mass is 9.88. The van der Waals surface area contributed by atoms with E-state index < -0.39 is 0 Å². The third kappa shape index (κ3) is 8.81. The molecule has 2 atom stereocenters. The van der Waals surface area contributed by atoms with Gasteiger partial charge in [0.1, 0.15) is 16.8 Å². The molecule has 7 rings (SSSR count). The molecule has 2 unspecified atom stereocenters. The van der Waals surface area contributed by atoms with Crippen LogP contribution >= 0.6 is 11.3 Å². The SMILES string of the molecule is CC(C)Oc1ccc(-c2ncc(-c3cccc4c3CCC4NCC=C3CC3)s2)cc1C#N.CC1CCC1.CC1CCN(C)C1. The molecule has 6 heteroatoms. The summed E-state index contributed by atoms with van der Waals surface area (Å²) < 4.78 is 5.76. The number of fused-ring (bicyclic) bond motifs is 1. The standard InChI is InChI=1S/C27H27N3OS.C6H13N.C5H10/c1-17(2)31-25-11-8-19(14-20(25)15-28)27-30-16-26(32-27)23-5-3-4-22-21(23)9-10-24(22)29-13-12-18-6-7-18;1-6-3-4-7(2)5-6;1-5-3-2-4-5/h3-5,8,11-12,14,16-17,24,29H,6-7,9-10,13H2,1-2H3;6H,3-5H2,1-2H3;5H,2-4H2,1H3. The topological polar surface area (TPSA) is 61.2 Å². The zero-order valence-corrected chi connectivity index (χ0v) is 28.2. The van der Waals surface area contributed by atoms with Crippen molar-refractivity contribution in [1.82, 2.24) is 15.2 Å². The van der Waals surface area contributed by atoms with Crippen LogP contribution in [0.15, 0.2) is 54.2 Å². The fourth-order valence-corrected chi connectivity index (χ4v) is 7.09. The lowest BCUT2D eigenvalue weighted by Gasteiger charge is -2.18. The first-order valence-electron chi connectivity index (χ1n) is 16.7. The van der Waals surface area contributed by atoms with Gasteiger partial charge in [-0.3, -0.25) is 0 Å².